The maximum absolute atomic E-state index is 12.9. The van der Waals surface area contributed by atoms with E-state index in [-0.39, 0.29) is 16.6 Å². The number of carbonyl (C=O) groups is 2. The van der Waals surface area contributed by atoms with Crippen LogP contribution in [0.3, 0.4) is 0 Å². The van der Waals surface area contributed by atoms with Crippen molar-refractivity contribution in [2.45, 2.75) is 25.9 Å². The first-order chi connectivity index (χ1) is 13.7. The number of piperidine rings is 1. The van der Waals surface area contributed by atoms with Gasteiger partial charge < -0.3 is 10.2 Å². The van der Waals surface area contributed by atoms with Gasteiger partial charge in [-0.15, -0.1) is 0 Å². The molecular weight excluding hydrogens is 405 g/mol. The molecule has 1 aliphatic rings. The summed E-state index contributed by atoms with van der Waals surface area (Å²) in [6.07, 6.45) is -3.66. The van der Waals surface area contributed by atoms with Crippen molar-refractivity contribution in [1.82, 2.24) is 4.90 Å². The molecule has 0 spiro atoms. The van der Waals surface area contributed by atoms with Crippen molar-refractivity contribution in [2.24, 2.45) is 5.92 Å². The average Bonchev–Trinajstić information content (AvgIpc) is 2.68. The zero-order valence-electron chi connectivity index (χ0n) is 15.7. The van der Waals surface area contributed by atoms with Gasteiger partial charge in [-0.1, -0.05) is 29.8 Å². The molecule has 3 rings (SSSR count). The predicted octanol–water partition coefficient (Wildman–Crippen LogP) is 5.16. The van der Waals surface area contributed by atoms with Crippen molar-refractivity contribution >= 4 is 29.1 Å². The summed E-state index contributed by atoms with van der Waals surface area (Å²) in [4.78, 5) is 26.9. The Hall–Kier alpha value is -2.54. The number of benzene rings is 2. The standard InChI is InChI=1S/C21H20ClF3N2O2/c1-13-4-2-3-5-16(13)20(29)27-10-8-14(9-11-27)19(28)26-18-12-15(21(23,24)25)6-7-17(18)22/h2-7,12,14H,8-11H2,1H3,(H,26,28). The molecule has 0 aliphatic carbocycles. The van der Waals surface area contributed by atoms with Gasteiger partial charge in [0.25, 0.3) is 5.91 Å². The molecule has 0 aromatic heterocycles. The molecule has 0 radical (unpaired) electrons. The van der Waals surface area contributed by atoms with E-state index in [1.54, 1.807) is 17.0 Å². The molecule has 1 N–H and O–H groups in total. The summed E-state index contributed by atoms with van der Waals surface area (Å²) in [7, 11) is 0. The van der Waals surface area contributed by atoms with E-state index in [0.29, 0.717) is 31.5 Å². The number of aryl methyl sites for hydroxylation is 1. The fraction of sp³-hybridized carbons (Fsp3) is 0.333. The summed E-state index contributed by atoms with van der Waals surface area (Å²) >= 11 is 5.94. The number of rotatable bonds is 3. The number of amides is 2. The Kier molecular flexibility index (Phi) is 6.17. The normalized spacial score (nSPS) is 15.3. The molecule has 1 fully saturated rings. The van der Waals surface area contributed by atoms with E-state index in [1.807, 2.05) is 19.1 Å². The molecule has 0 atom stereocenters. The maximum atomic E-state index is 12.9. The molecule has 1 saturated heterocycles. The van der Waals surface area contributed by atoms with Crippen LogP contribution in [0.5, 0.6) is 0 Å². The van der Waals surface area contributed by atoms with Crippen molar-refractivity contribution in [1.29, 1.82) is 0 Å². The van der Waals surface area contributed by atoms with E-state index in [4.69, 9.17) is 11.6 Å². The summed E-state index contributed by atoms with van der Waals surface area (Å²) in [6, 6.07) is 10.1. The van der Waals surface area contributed by atoms with E-state index in [1.165, 1.54) is 0 Å². The molecule has 29 heavy (non-hydrogen) atoms. The molecule has 1 heterocycles. The smallest absolute Gasteiger partial charge is 0.339 e. The number of nitrogens with zero attached hydrogens (tertiary/aromatic N) is 1. The van der Waals surface area contributed by atoms with Gasteiger partial charge in [0.05, 0.1) is 16.3 Å². The van der Waals surface area contributed by atoms with Crippen molar-refractivity contribution in [2.75, 3.05) is 18.4 Å². The number of nitrogens with one attached hydrogen (secondary N) is 1. The summed E-state index contributed by atoms with van der Waals surface area (Å²) in [6.45, 7) is 2.68. The molecule has 154 valence electrons. The molecule has 0 unspecified atom stereocenters. The molecule has 1 aliphatic heterocycles. The number of carbonyl (C=O) groups excluding carboxylic acids is 2. The average molecular weight is 425 g/mol. The van der Waals surface area contributed by atoms with Crippen LogP contribution in [0.15, 0.2) is 42.5 Å². The van der Waals surface area contributed by atoms with Gasteiger partial charge in [-0.05, 0) is 49.6 Å². The van der Waals surface area contributed by atoms with Gasteiger partial charge in [0.1, 0.15) is 0 Å². The highest BCUT2D eigenvalue weighted by Crippen LogP contribution is 2.34. The lowest BCUT2D eigenvalue weighted by Gasteiger charge is -2.31. The Balaban J connectivity index is 1.62. The molecule has 2 aromatic rings. The largest absolute Gasteiger partial charge is 0.416 e. The van der Waals surface area contributed by atoms with E-state index >= 15 is 0 Å². The number of likely N-dealkylation sites (tertiary alicyclic amines) is 1. The first-order valence-corrected chi connectivity index (χ1v) is 9.57. The van der Waals surface area contributed by atoms with Crippen LogP contribution in [0.2, 0.25) is 5.02 Å². The lowest BCUT2D eigenvalue weighted by molar-refractivity contribution is -0.137. The molecular formula is C21H20ClF3N2O2. The molecule has 2 aromatic carbocycles. The van der Waals surface area contributed by atoms with Crippen LogP contribution in [-0.2, 0) is 11.0 Å². The second kappa shape index (κ2) is 8.45. The monoisotopic (exact) mass is 424 g/mol. The van der Waals surface area contributed by atoms with Gasteiger partial charge in [-0.2, -0.15) is 13.2 Å². The second-order valence-electron chi connectivity index (χ2n) is 7.06. The van der Waals surface area contributed by atoms with Gasteiger partial charge in [0, 0.05) is 24.6 Å². The van der Waals surface area contributed by atoms with Crippen LogP contribution in [0, 0.1) is 12.8 Å². The van der Waals surface area contributed by atoms with Gasteiger partial charge in [-0.3, -0.25) is 9.59 Å². The predicted molar refractivity (Wildman–Crippen MR) is 105 cm³/mol. The first kappa shape index (κ1) is 21.2. The van der Waals surface area contributed by atoms with E-state index in [0.717, 1.165) is 23.8 Å². The van der Waals surface area contributed by atoms with Crippen LogP contribution >= 0.6 is 11.6 Å². The number of anilines is 1. The number of alkyl halides is 3. The van der Waals surface area contributed by atoms with Crippen LogP contribution in [0.1, 0.15) is 34.3 Å². The van der Waals surface area contributed by atoms with Crippen molar-refractivity contribution < 1.29 is 22.8 Å². The highest BCUT2D eigenvalue weighted by molar-refractivity contribution is 6.33. The van der Waals surface area contributed by atoms with E-state index in [9.17, 15) is 22.8 Å². The van der Waals surface area contributed by atoms with Crippen molar-refractivity contribution in [3.05, 3.63) is 64.2 Å². The lowest BCUT2D eigenvalue weighted by Crippen LogP contribution is -2.41. The minimum Gasteiger partial charge on any atom is -0.339 e. The van der Waals surface area contributed by atoms with Crippen LogP contribution in [0.4, 0.5) is 18.9 Å². The van der Waals surface area contributed by atoms with Gasteiger partial charge in [0.15, 0.2) is 0 Å². The third kappa shape index (κ3) is 4.90. The van der Waals surface area contributed by atoms with Gasteiger partial charge in [-0.25, -0.2) is 0 Å². The summed E-state index contributed by atoms with van der Waals surface area (Å²) in [5, 5.41) is 2.54. The highest BCUT2D eigenvalue weighted by Gasteiger charge is 2.32. The van der Waals surface area contributed by atoms with Crippen LogP contribution < -0.4 is 5.32 Å². The van der Waals surface area contributed by atoms with E-state index in [2.05, 4.69) is 5.32 Å². The lowest BCUT2D eigenvalue weighted by atomic mass is 9.95. The Morgan fingerprint density at radius 3 is 2.38 bits per heavy atom. The van der Waals surface area contributed by atoms with Gasteiger partial charge in [0.2, 0.25) is 5.91 Å². The van der Waals surface area contributed by atoms with Crippen LogP contribution in [-0.4, -0.2) is 29.8 Å². The fourth-order valence-corrected chi connectivity index (χ4v) is 3.52. The fourth-order valence-electron chi connectivity index (χ4n) is 3.36. The Morgan fingerprint density at radius 1 is 1.10 bits per heavy atom. The van der Waals surface area contributed by atoms with Crippen molar-refractivity contribution in [3.8, 4) is 0 Å². The minimum atomic E-state index is -4.52. The molecule has 8 heteroatoms. The van der Waals surface area contributed by atoms with Crippen molar-refractivity contribution in [3.63, 3.8) is 0 Å². The highest BCUT2D eigenvalue weighted by atomic mass is 35.5. The molecule has 0 saturated carbocycles. The molecule has 2 amide bonds. The molecule has 4 nitrogen and oxygen atoms in total. The second-order valence-corrected chi connectivity index (χ2v) is 7.47. The van der Waals surface area contributed by atoms with E-state index < -0.39 is 23.6 Å². The zero-order valence-corrected chi connectivity index (χ0v) is 16.5. The number of hydrogen-bond acceptors (Lipinski definition) is 2. The number of halogens is 4. The number of hydrogen-bond donors (Lipinski definition) is 1. The summed E-state index contributed by atoms with van der Waals surface area (Å²) in [5.74, 6) is -0.876. The third-order valence-electron chi connectivity index (χ3n) is 5.08. The zero-order chi connectivity index (χ0) is 21.2. The topological polar surface area (TPSA) is 49.4 Å². The van der Waals surface area contributed by atoms with Gasteiger partial charge >= 0.3 is 6.18 Å². The minimum absolute atomic E-state index is 0.0403. The summed E-state index contributed by atoms with van der Waals surface area (Å²) in [5.41, 5.74) is 0.573. The first-order valence-electron chi connectivity index (χ1n) is 9.19. The maximum Gasteiger partial charge on any atom is 0.416 e. The third-order valence-corrected chi connectivity index (χ3v) is 5.41. The Morgan fingerprint density at radius 2 is 1.76 bits per heavy atom. The SMILES string of the molecule is Cc1ccccc1C(=O)N1CCC(C(=O)Nc2cc(C(F)(F)F)ccc2Cl)CC1. The Bertz CT molecular complexity index is 922. The molecule has 0 bridgehead atoms. The quantitative estimate of drug-likeness (QED) is 0.740. The summed E-state index contributed by atoms with van der Waals surface area (Å²) < 4.78 is 38.7. The van der Waals surface area contributed by atoms with Crippen LogP contribution in [0.25, 0.3) is 0 Å². The Labute approximate surface area is 171 Å².